The molecule has 5 aromatic rings. The summed E-state index contributed by atoms with van der Waals surface area (Å²) < 4.78 is 99.6. The van der Waals surface area contributed by atoms with Crippen LogP contribution in [0.5, 0.6) is 11.5 Å². The molecule has 0 unspecified atom stereocenters. The normalized spacial score (nSPS) is 11.9. The summed E-state index contributed by atoms with van der Waals surface area (Å²) in [6.07, 6.45) is -10.8. The predicted molar refractivity (Wildman–Crippen MR) is 237 cm³/mol. The Morgan fingerprint density at radius 2 is 0.984 bits per heavy atom. The van der Waals surface area contributed by atoms with Crippen LogP contribution in [-0.2, 0) is 18.3 Å². The second-order valence-corrected chi connectivity index (χ2v) is 17.2. The van der Waals surface area contributed by atoms with Crippen molar-refractivity contribution in [2.75, 3.05) is 17.7 Å². The van der Waals surface area contributed by atoms with Crippen molar-refractivity contribution in [3.05, 3.63) is 147 Å². The van der Waals surface area contributed by atoms with Crippen molar-refractivity contribution in [2.45, 2.75) is 58.3 Å². The molecule has 0 heterocycles. The summed E-state index contributed by atoms with van der Waals surface area (Å²) in [7, 11) is 1.19. The molecule has 5 rings (SSSR count). The number of ketones is 1. The van der Waals surface area contributed by atoms with Gasteiger partial charge in [-0.2, -0.15) is 26.3 Å². The molecule has 0 aliphatic rings. The van der Waals surface area contributed by atoms with Crippen LogP contribution in [0.25, 0.3) is 0 Å². The first-order valence-corrected chi connectivity index (χ1v) is 21.5. The summed E-state index contributed by atoms with van der Waals surface area (Å²) in [6, 6.07) is 15.9. The van der Waals surface area contributed by atoms with Crippen LogP contribution in [0.15, 0.2) is 96.8 Å². The maximum Gasteiger partial charge on any atom is 0.411 e. The number of carbonyl (C=O) groups excluding carboxylic acids is 4. The number of rotatable bonds is 12. The highest BCUT2D eigenvalue weighted by Crippen LogP contribution is 2.59. The highest BCUT2D eigenvalue weighted by molar-refractivity contribution is 9.11. The van der Waals surface area contributed by atoms with Gasteiger partial charge in [-0.05, 0) is 173 Å². The number of anilines is 2. The molecule has 0 radical (unpaired) electrons. The van der Waals surface area contributed by atoms with E-state index in [0.717, 1.165) is 11.1 Å². The molecule has 0 aliphatic carbocycles. The number of benzene rings is 5. The smallest absolute Gasteiger partial charge is 0.411 e. The minimum absolute atomic E-state index is 0.00228. The second kappa shape index (κ2) is 19.1. The van der Waals surface area contributed by atoms with Crippen LogP contribution < -0.4 is 20.1 Å². The fourth-order valence-corrected chi connectivity index (χ4v) is 9.74. The Hall–Kier alpha value is -4.52. The first-order chi connectivity index (χ1) is 29.0. The van der Waals surface area contributed by atoms with E-state index >= 15 is 26.3 Å². The number of ether oxygens (including phenoxy) is 2. The van der Waals surface area contributed by atoms with E-state index in [-0.39, 0.29) is 37.2 Å². The zero-order valence-electron chi connectivity index (χ0n) is 33.1. The van der Waals surface area contributed by atoms with Gasteiger partial charge in [0.05, 0.1) is 30.6 Å². The standard InChI is InChI=1S/C44H34Br4F6N2O6/c1-6-23-14-24(7-2)36(21(3)35(23)55-39(58)26-11-8-10-25(15-26)22(4)57)56-40(59)27-12-9-13-28(16-27)41(60)62-38-33(47)19-30(20-34(38)48)42(43(49,50)51,44(52,53)54)29-17-31(45)37(61-5)32(46)18-29/h8-20H,6-7H2,1-5H3,(H,55,58)(H,56,59). The summed E-state index contributed by atoms with van der Waals surface area (Å²) in [6.45, 7) is 6.92. The van der Waals surface area contributed by atoms with Crippen molar-refractivity contribution >= 4 is 98.7 Å². The molecule has 0 bridgehead atoms. The maximum atomic E-state index is 15.0. The molecule has 0 saturated heterocycles. The van der Waals surface area contributed by atoms with Gasteiger partial charge in [-0.15, -0.1) is 0 Å². The van der Waals surface area contributed by atoms with Crippen LogP contribution in [0.1, 0.15) is 90.0 Å². The number of esters is 1. The molecule has 0 fully saturated rings. The van der Waals surface area contributed by atoms with E-state index in [2.05, 4.69) is 74.4 Å². The van der Waals surface area contributed by atoms with E-state index in [1.54, 1.807) is 25.1 Å². The quantitative estimate of drug-likeness (QED) is 0.0557. The monoisotopic (exact) mass is 1120 g/mol. The van der Waals surface area contributed by atoms with E-state index in [9.17, 15) is 19.2 Å². The summed E-state index contributed by atoms with van der Waals surface area (Å²) >= 11 is 12.0. The molecule has 18 heteroatoms. The summed E-state index contributed by atoms with van der Waals surface area (Å²) in [5.41, 5.74) is -3.60. The SMILES string of the molecule is CCc1cc(CC)c(NC(=O)c2cccc(C(=O)Oc3c(Br)cc(C(c4cc(Br)c(OC)c(Br)c4)(C(F)(F)F)C(F)(F)F)cc3Br)c2)c(C)c1NC(=O)c1cccc(C(C)=O)c1. The average molecular weight is 1120 g/mol. The van der Waals surface area contributed by atoms with Crippen LogP contribution >= 0.6 is 63.7 Å². The minimum Gasteiger partial charge on any atom is -0.494 e. The molecular weight excluding hydrogens is 1090 g/mol. The lowest BCUT2D eigenvalue weighted by molar-refractivity contribution is -0.288. The van der Waals surface area contributed by atoms with Gasteiger partial charge in [0.1, 0.15) is 5.75 Å². The van der Waals surface area contributed by atoms with Crippen molar-refractivity contribution < 1.29 is 55.0 Å². The fraction of sp³-hybridized carbons (Fsp3) is 0.227. The molecular formula is C44H34Br4F6N2O6. The van der Waals surface area contributed by atoms with Crippen LogP contribution in [0, 0.1) is 6.92 Å². The van der Waals surface area contributed by atoms with E-state index in [1.165, 1.54) is 44.4 Å². The first-order valence-electron chi connectivity index (χ1n) is 18.4. The number of Topliss-reactive ketones (excluding diaryl/α,β-unsaturated/α-hetero) is 1. The molecule has 62 heavy (non-hydrogen) atoms. The first kappa shape index (κ1) is 48.5. The molecule has 0 spiro atoms. The molecule has 8 nitrogen and oxygen atoms in total. The van der Waals surface area contributed by atoms with E-state index in [1.807, 2.05) is 19.9 Å². The van der Waals surface area contributed by atoms with Gasteiger partial charge in [-0.1, -0.05) is 38.1 Å². The van der Waals surface area contributed by atoms with Gasteiger partial charge in [0.15, 0.2) is 11.5 Å². The number of hydrogen-bond donors (Lipinski definition) is 2. The molecule has 0 aliphatic heterocycles. The molecule has 5 aromatic carbocycles. The van der Waals surface area contributed by atoms with Gasteiger partial charge < -0.3 is 20.1 Å². The summed E-state index contributed by atoms with van der Waals surface area (Å²) in [5.74, 6) is -2.88. The number of methoxy groups -OCH3 is 1. The Bertz CT molecular complexity index is 2550. The Morgan fingerprint density at radius 1 is 0.597 bits per heavy atom. The lowest BCUT2D eigenvalue weighted by Crippen LogP contribution is -2.54. The molecule has 0 aromatic heterocycles. The number of halogens is 10. The van der Waals surface area contributed by atoms with Crippen molar-refractivity contribution in [3.63, 3.8) is 0 Å². The fourth-order valence-electron chi connectivity index (χ4n) is 6.88. The van der Waals surface area contributed by atoms with Gasteiger partial charge in [-0.25, -0.2) is 4.79 Å². The number of alkyl halides is 6. The molecule has 0 atom stereocenters. The average Bonchev–Trinajstić information content (AvgIpc) is 3.19. The summed E-state index contributed by atoms with van der Waals surface area (Å²) in [5, 5.41) is 5.81. The topological polar surface area (TPSA) is 111 Å². The zero-order chi connectivity index (χ0) is 46.1. The van der Waals surface area contributed by atoms with Crippen LogP contribution in [-0.4, -0.2) is 43.0 Å². The highest BCUT2D eigenvalue weighted by atomic mass is 79.9. The minimum atomic E-state index is -5.94. The Labute approximate surface area is 385 Å². The lowest BCUT2D eigenvalue weighted by atomic mass is 9.73. The van der Waals surface area contributed by atoms with Gasteiger partial charge in [-0.3, -0.25) is 14.4 Å². The van der Waals surface area contributed by atoms with Gasteiger partial charge in [0.2, 0.25) is 5.41 Å². The van der Waals surface area contributed by atoms with E-state index in [0.29, 0.717) is 59.6 Å². The lowest BCUT2D eigenvalue weighted by Gasteiger charge is -2.39. The predicted octanol–water partition coefficient (Wildman–Crippen LogP) is 13.5. The third kappa shape index (κ3) is 9.53. The molecule has 2 amide bonds. The number of amides is 2. The Morgan fingerprint density at radius 3 is 1.37 bits per heavy atom. The van der Waals surface area contributed by atoms with E-state index in [4.69, 9.17) is 9.47 Å². The Kier molecular flexibility index (Phi) is 14.9. The summed E-state index contributed by atoms with van der Waals surface area (Å²) in [4.78, 5) is 52.6. The molecule has 0 saturated carbocycles. The third-order valence-electron chi connectivity index (χ3n) is 9.98. The Balaban J connectivity index is 1.46. The number of aryl methyl sites for hydroxylation is 2. The second-order valence-electron chi connectivity index (χ2n) is 13.8. The number of carbonyl (C=O) groups is 4. The largest absolute Gasteiger partial charge is 0.494 e. The molecule has 326 valence electrons. The maximum absolute atomic E-state index is 15.0. The van der Waals surface area contributed by atoms with Crippen molar-refractivity contribution in [3.8, 4) is 11.5 Å². The van der Waals surface area contributed by atoms with E-state index < -0.39 is 61.4 Å². The molecule has 2 N–H and O–H groups in total. The van der Waals surface area contributed by atoms with Crippen molar-refractivity contribution in [2.24, 2.45) is 0 Å². The van der Waals surface area contributed by atoms with Crippen molar-refractivity contribution in [1.82, 2.24) is 0 Å². The van der Waals surface area contributed by atoms with Gasteiger partial charge in [0, 0.05) is 28.1 Å². The van der Waals surface area contributed by atoms with Crippen LogP contribution in [0.2, 0.25) is 0 Å². The third-order valence-corrected chi connectivity index (χ3v) is 12.3. The van der Waals surface area contributed by atoms with Gasteiger partial charge in [0.25, 0.3) is 11.8 Å². The zero-order valence-corrected chi connectivity index (χ0v) is 39.5. The van der Waals surface area contributed by atoms with Gasteiger partial charge >= 0.3 is 18.3 Å². The van der Waals surface area contributed by atoms with Crippen LogP contribution in [0.4, 0.5) is 37.7 Å². The van der Waals surface area contributed by atoms with Crippen molar-refractivity contribution in [1.29, 1.82) is 0 Å². The van der Waals surface area contributed by atoms with Crippen LogP contribution in [0.3, 0.4) is 0 Å². The number of hydrogen-bond acceptors (Lipinski definition) is 6. The highest BCUT2D eigenvalue weighted by Gasteiger charge is 2.73. The number of nitrogens with one attached hydrogen (secondary N) is 2.